The van der Waals surface area contributed by atoms with E-state index in [0.29, 0.717) is 12.8 Å². The summed E-state index contributed by atoms with van der Waals surface area (Å²) in [6.45, 7) is 0. The van der Waals surface area contributed by atoms with Crippen LogP contribution in [-0.4, -0.2) is 33.5 Å². The molecule has 4 atom stereocenters. The van der Waals surface area contributed by atoms with Crippen molar-refractivity contribution in [1.29, 1.82) is 0 Å². The van der Waals surface area contributed by atoms with Gasteiger partial charge in [0.25, 0.3) is 0 Å². The SMILES string of the molecule is O=C(O)C(P)CCCCC(P)C(=O)O. The van der Waals surface area contributed by atoms with E-state index in [9.17, 15) is 9.59 Å². The molecule has 0 spiro atoms. The van der Waals surface area contributed by atoms with Crippen molar-refractivity contribution >= 4 is 30.4 Å². The fraction of sp³-hybridized carbons (Fsp3) is 0.750. The summed E-state index contributed by atoms with van der Waals surface area (Å²) in [5.41, 5.74) is -0.828. The number of carbonyl (C=O) groups is 2. The van der Waals surface area contributed by atoms with Gasteiger partial charge in [-0.3, -0.25) is 9.59 Å². The van der Waals surface area contributed by atoms with Crippen molar-refractivity contribution in [3.05, 3.63) is 0 Å². The highest BCUT2D eigenvalue weighted by molar-refractivity contribution is 7.19. The number of hydrogen-bond acceptors (Lipinski definition) is 2. The smallest absolute Gasteiger partial charge is 0.310 e. The topological polar surface area (TPSA) is 74.6 Å². The van der Waals surface area contributed by atoms with Crippen LogP contribution in [0.3, 0.4) is 0 Å². The number of carboxylic acid groups (broad SMARTS) is 2. The van der Waals surface area contributed by atoms with E-state index >= 15 is 0 Å². The van der Waals surface area contributed by atoms with Crippen molar-refractivity contribution < 1.29 is 19.8 Å². The fourth-order valence-corrected chi connectivity index (χ4v) is 1.45. The van der Waals surface area contributed by atoms with Gasteiger partial charge in [0.15, 0.2) is 0 Å². The first-order valence-electron chi connectivity index (χ1n) is 4.42. The molecule has 0 rings (SSSR count). The van der Waals surface area contributed by atoms with Gasteiger partial charge in [0.1, 0.15) is 0 Å². The summed E-state index contributed by atoms with van der Waals surface area (Å²) in [4.78, 5) is 20.8. The maximum Gasteiger partial charge on any atom is 0.310 e. The van der Waals surface area contributed by atoms with Crippen LogP contribution in [0.5, 0.6) is 0 Å². The van der Waals surface area contributed by atoms with Crippen molar-refractivity contribution in [2.75, 3.05) is 0 Å². The molecule has 0 saturated carbocycles. The zero-order valence-corrected chi connectivity index (χ0v) is 10.2. The Balaban J connectivity index is 3.47. The third kappa shape index (κ3) is 6.28. The molecule has 4 unspecified atom stereocenters. The molecule has 4 nitrogen and oxygen atoms in total. The van der Waals surface area contributed by atoms with Gasteiger partial charge in [-0.25, -0.2) is 0 Å². The molecule has 0 aromatic carbocycles. The van der Waals surface area contributed by atoms with E-state index in [1.807, 2.05) is 0 Å². The molecule has 0 heterocycles. The fourth-order valence-electron chi connectivity index (χ4n) is 0.975. The summed E-state index contributed by atoms with van der Waals surface area (Å²) < 4.78 is 0. The van der Waals surface area contributed by atoms with Gasteiger partial charge in [0, 0.05) is 0 Å². The Morgan fingerprint density at radius 1 is 0.929 bits per heavy atom. The molecule has 0 aliphatic rings. The van der Waals surface area contributed by atoms with E-state index in [-0.39, 0.29) is 0 Å². The van der Waals surface area contributed by atoms with Gasteiger partial charge in [-0.1, -0.05) is 12.8 Å². The molecular weight excluding hydrogens is 222 g/mol. The summed E-state index contributed by atoms with van der Waals surface area (Å²) >= 11 is 0. The molecule has 82 valence electrons. The Morgan fingerprint density at radius 3 is 1.43 bits per heavy atom. The zero-order chi connectivity index (χ0) is 11.1. The predicted octanol–water partition coefficient (Wildman–Crippen LogP) is 1.20. The maximum atomic E-state index is 10.4. The summed E-state index contributed by atoms with van der Waals surface area (Å²) in [6.07, 6.45) is 2.66. The summed E-state index contributed by atoms with van der Waals surface area (Å²) in [7, 11) is 4.53. The lowest BCUT2D eigenvalue weighted by molar-refractivity contribution is -0.137. The highest BCUT2D eigenvalue weighted by Crippen LogP contribution is 2.15. The molecule has 0 aromatic heterocycles. The quantitative estimate of drug-likeness (QED) is 0.516. The Morgan fingerprint density at radius 2 is 1.21 bits per heavy atom. The van der Waals surface area contributed by atoms with Gasteiger partial charge < -0.3 is 10.2 Å². The highest BCUT2D eigenvalue weighted by atomic mass is 31.0. The van der Waals surface area contributed by atoms with Crippen LogP contribution in [0.1, 0.15) is 25.7 Å². The monoisotopic (exact) mass is 238 g/mol. The molecule has 0 fully saturated rings. The minimum atomic E-state index is -0.823. The van der Waals surface area contributed by atoms with Gasteiger partial charge in [0.05, 0.1) is 11.3 Å². The average Bonchev–Trinajstić information content (AvgIpc) is 2.11. The highest BCUT2D eigenvalue weighted by Gasteiger charge is 2.12. The van der Waals surface area contributed by atoms with Gasteiger partial charge in [-0.05, 0) is 12.8 Å². The summed E-state index contributed by atoms with van der Waals surface area (Å²) in [6, 6.07) is 0. The number of unbranched alkanes of at least 4 members (excludes halogenated alkanes) is 1. The van der Waals surface area contributed by atoms with Gasteiger partial charge >= 0.3 is 11.9 Å². The Labute approximate surface area is 87.9 Å². The number of rotatable bonds is 7. The first-order valence-corrected chi connectivity index (χ1v) is 5.75. The average molecular weight is 238 g/mol. The molecule has 0 radical (unpaired) electrons. The lowest BCUT2D eigenvalue weighted by Gasteiger charge is -2.07. The van der Waals surface area contributed by atoms with E-state index in [4.69, 9.17) is 10.2 Å². The number of hydrogen-bond donors (Lipinski definition) is 2. The lowest BCUT2D eigenvalue weighted by Crippen LogP contribution is -2.14. The molecule has 0 aliphatic heterocycles. The molecule has 0 amide bonds. The molecule has 6 heteroatoms. The van der Waals surface area contributed by atoms with Crippen LogP contribution in [0.15, 0.2) is 0 Å². The van der Waals surface area contributed by atoms with Crippen LogP contribution in [-0.2, 0) is 9.59 Å². The van der Waals surface area contributed by atoms with Gasteiger partial charge in [-0.2, -0.15) is 0 Å². The largest absolute Gasteiger partial charge is 0.481 e. The van der Waals surface area contributed by atoms with Crippen molar-refractivity contribution in [2.45, 2.75) is 37.0 Å². The molecular formula is C8H16O4P2. The third-order valence-electron chi connectivity index (χ3n) is 1.91. The molecule has 0 aromatic rings. The molecule has 0 aliphatic carbocycles. The van der Waals surface area contributed by atoms with Crippen LogP contribution in [0, 0.1) is 0 Å². The minimum absolute atomic E-state index is 0.414. The van der Waals surface area contributed by atoms with Crippen molar-refractivity contribution in [1.82, 2.24) is 0 Å². The minimum Gasteiger partial charge on any atom is -0.481 e. The molecule has 14 heavy (non-hydrogen) atoms. The zero-order valence-electron chi connectivity index (χ0n) is 7.85. The Kier molecular flexibility index (Phi) is 7.04. The van der Waals surface area contributed by atoms with E-state index in [1.54, 1.807) is 0 Å². The first-order chi connectivity index (χ1) is 6.45. The Hall–Kier alpha value is -0.200. The molecule has 0 bridgehead atoms. The van der Waals surface area contributed by atoms with Crippen LogP contribution in [0.2, 0.25) is 0 Å². The lowest BCUT2D eigenvalue weighted by atomic mass is 10.1. The predicted molar refractivity (Wildman–Crippen MR) is 60.7 cm³/mol. The van der Waals surface area contributed by atoms with E-state index < -0.39 is 23.3 Å². The van der Waals surface area contributed by atoms with Crippen LogP contribution in [0.4, 0.5) is 0 Å². The first kappa shape index (κ1) is 13.8. The molecule has 2 N–H and O–H groups in total. The van der Waals surface area contributed by atoms with Gasteiger partial charge in [0.2, 0.25) is 0 Å². The van der Waals surface area contributed by atoms with E-state index in [1.165, 1.54) is 0 Å². The number of aliphatic carboxylic acids is 2. The standard InChI is InChI=1S/C8H16O4P2/c9-7(10)5(13)3-1-2-4-6(14)8(11)12/h5-6H,1-4,13-14H2,(H,9,10)(H,11,12). The molecule has 0 saturated heterocycles. The van der Waals surface area contributed by atoms with Crippen molar-refractivity contribution in [3.63, 3.8) is 0 Å². The Bertz CT molecular complexity index is 186. The van der Waals surface area contributed by atoms with Gasteiger partial charge in [-0.15, -0.1) is 18.5 Å². The van der Waals surface area contributed by atoms with E-state index in [2.05, 4.69) is 18.5 Å². The van der Waals surface area contributed by atoms with E-state index in [0.717, 1.165) is 12.8 Å². The van der Waals surface area contributed by atoms with Crippen LogP contribution in [0.25, 0.3) is 0 Å². The second-order valence-electron chi connectivity index (χ2n) is 3.17. The number of carboxylic acids is 2. The second-order valence-corrected chi connectivity index (χ2v) is 4.78. The summed E-state index contributed by atoms with van der Waals surface area (Å²) in [5, 5.41) is 17.1. The van der Waals surface area contributed by atoms with Crippen molar-refractivity contribution in [2.24, 2.45) is 0 Å². The maximum absolute atomic E-state index is 10.4. The van der Waals surface area contributed by atoms with Crippen molar-refractivity contribution in [3.8, 4) is 0 Å². The van der Waals surface area contributed by atoms with Crippen LogP contribution < -0.4 is 0 Å². The second kappa shape index (κ2) is 7.14. The van der Waals surface area contributed by atoms with Crippen LogP contribution >= 0.6 is 18.5 Å². The third-order valence-corrected chi connectivity index (χ3v) is 3.15. The normalized spacial score (nSPS) is 14.7. The summed E-state index contributed by atoms with van der Waals surface area (Å²) in [5.74, 6) is -1.65.